The quantitative estimate of drug-likeness (QED) is 0.0388. The molecule has 0 aromatic rings. The second-order valence-electron chi connectivity index (χ2n) is 9.22. The summed E-state index contributed by atoms with van der Waals surface area (Å²) < 4.78 is 27.3. The Morgan fingerprint density at radius 3 is 1.53 bits per heavy atom. The molecule has 0 saturated heterocycles. The van der Waals surface area contributed by atoms with Crippen molar-refractivity contribution in [1.82, 2.24) is 0 Å². The Bertz CT molecular complexity index is 538. The molecule has 0 aliphatic carbocycles. The first-order chi connectivity index (χ1) is 18.4. The van der Waals surface area contributed by atoms with Crippen LogP contribution in [-0.2, 0) is 23.7 Å². The zero-order valence-electron chi connectivity index (χ0n) is 22.8. The molecule has 0 fully saturated rings. The van der Waals surface area contributed by atoms with E-state index >= 15 is 0 Å². The Morgan fingerprint density at radius 2 is 1.08 bits per heavy atom. The summed E-state index contributed by atoms with van der Waals surface area (Å²) in [5, 5.41) is 59.1. The molecule has 0 bridgehead atoms. The topological polar surface area (TPSA) is 168 Å². The number of nitrogens with zero attached hydrogens (tertiary/aromatic N) is 1. The van der Waals surface area contributed by atoms with Gasteiger partial charge in [0, 0.05) is 0 Å². The fourth-order valence-corrected chi connectivity index (χ4v) is 3.95. The predicted molar refractivity (Wildman–Crippen MR) is 141 cm³/mol. The number of rotatable bonds is 29. The molecule has 4 unspecified atom stereocenters. The first-order valence-electron chi connectivity index (χ1n) is 13.3. The van der Waals surface area contributed by atoms with E-state index in [1.165, 1.54) is 12.5 Å². The van der Waals surface area contributed by atoms with Gasteiger partial charge in [-0.3, -0.25) is 0 Å². The summed E-state index contributed by atoms with van der Waals surface area (Å²) >= 11 is 0. The lowest BCUT2D eigenvalue weighted by atomic mass is 10.2. The maximum absolute atomic E-state index is 10.5. The van der Waals surface area contributed by atoms with Gasteiger partial charge in [0.15, 0.2) is 0 Å². The van der Waals surface area contributed by atoms with E-state index < -0.39 is 24.4 Å². The predicted octanol–water partition coefficient (Wildman–Crippen LogP) is -0.838. The van der Waals surface area contributed by atoms with Crippen molar-refractivity contribution in [2.45, 2.75) is 50.1 Å². The molecule has 0 saturated carbocycles. The lowest BCUT2D eigenvalue weighted by Gasteiger charge is -2.38. The second kappa shape index (κ2) is 24.7. The zero-order valence-corrected chi connectivity index (χ0v) is 22.8. The Kier molecular flexibility index (Phi) is 23.8. The molecule has 226 valence electrons. The largest absolute Gasteiger partial charge is 0.502 e. The summed E-state index contributed by atoms with van der Waals surface area (Å²) in [5.74, 6) is 0. The van der Waals surface area contributed by atoms with Gasteiger partial charge in [-0.15, -0.1) is 0 Å². The van der Waals surface area contributed by atoms with Crippen molar-refractivity contribution < 1.29 is 58.8 Å². The fraction of sp³-hybridized carbons (Fsp3) is 0.846. The van der Waals surface area contributed by atoms with Gasteiger partial charge < -0.3 is 58.8 Å². The van der Waals surface area contributed by atoms with E-state index in [4.69, 9.17) is 23.7 Å². The molecule has 12 heteroatoms. The van der Waals surface area contributed by atoms with Crippen LogP contribution in [0.4, 0.5) is 0 Å². The molecule has 0 spiro atoms. The average molecular weight is 555 g/mol. The highest BCUT2D eigenvalue weighted by Gasteiger charge is 2.29. The van der Waals surface area contributed by atoms with Gasteiger partial charge in [0.2, 0.25) is 0 Å². The van der Waals surface area contributed by atoms with Crippen LogP contribution in [-0.4, -0.2) is 152 Å². The van der Waals surface area contributed by atoms with E-state index in [2.05, 4.69) is 13.2 Å². The van der Waals surface area contributed by atoms with Crippen LogP contribution < -0.4 is 0 Å². The highest BCUT2D eigenvalue weighted by Crippen LogP contribution is 2.10. The third-order valence-electron chi connectivity index (χ3n) is 5.91. The minimum atomic E-state index is -0.906. The molecule has 0 aromatic carbocycles. The molecule has 0 heterocycles. The van der Waals surface area contributed by atoms with E-state index in [1.54, 1.807) is 0 Å². The van der Waals surface area contributed by atoms with Gasteiger partial charge in [0.05, 0.1) is 90.8 Å². The minimum Gasteiger partial charge on any atom is -0.502 e. The number of hydrogen-bond acceptors (Lipinski definition) is 11. The van der Waals surface area contributed by atoms with Gasteiger partial charge >= 0.3 is 0 Å². The van der Waals surface area contributed by atoms with Gasteiger partial charge in [0.1, 0.15) is 38.4 Å². The van der Waals surface area contributed by atoms with Crippen LogP contribution in [0.15, 0.2) is 25.7 Å². The summed E-state index contributed by atoms with van der Waals surface area (Å²) in [5.41, 5.74) is 0. The molecule has 4 atom stereocenters. The summed E-state index contributed by atoms with van der Waals surface area (Å²) in [6.07, 6.45) is 2.14. The lowest BCUT2D eigenvalue weighted by molar-refractivity contribution is -0.931. The minimum absolute atomic E-state index is 0.0322. The molecule has 38 heavy (non-hydrogen) atoms. The smallest absolute Gasteiger partial charge is 0.126 e. The van der Waals surface area contributed by atoms with Crippen LogP contribution in [0.25, 0.3) is 0 Å². The summed E-state index contributed by atoms with van der Waals surface area (Å²) in [4.78, 5) is 0. The Balaban J connectivity index is 4.74. The fourth-order valence-electron chi connectivity index (χ4n) is 3.95. The third-order valence-corrected chi connectivity index (χ3v) is 5.91. The van der Waals surface area contributed by atoms with Crippen LogP contribution in [0.5, 0.6) is 0 Å². The Hall–Kier alpha value is -1.32. The van der Waals surface area contributed by atoms with Crippen molar-refractivity contribution in [1.29, 1.82) is 0 Å². The summed E-state index contributed by atoms with van der Waals surface area (Å²) in [6.45, 7) is 8.79. The third kappa shape index (κ3) is 19.7. The maximum atomic E-state index is 10.5. The molecule has 0 amide bonds. The first kappa shape index (κ1) is 36.7. The standard InChI is InChI=1S/C26H52NO11/c1-3-34-15-5-7-23(31)18-36-21-26(38-20-24(32)8-6-16-35-4-2)22-37-19-25(33)17-27(9-12-28,10-13-29)11-14-30/h3-4,23-26,28-33H,1-2,5-22H2/q+1. The average Bonchev–Trinajstić information content (AvgIpc) is 2.88. The monoisotopic (exact) mass is 554 g/mol. The summed E-state index contributed by atoms with van der Waals surface area (Å²) in [7, 11) is 0. The number of hydrogen-bond donors (Lipinski definition) is 6. The molecular weight excluding hydrogens is 502 g/mol. The van der Waals surface area contributed by atoms with Crippen molar-refractivity contribution >= 4 is 0 Å². The lowest BCUT2D eigenvalue weighted by Crippen LogP contribution is -2.57. The van der Waals surface area contributed by atoms with Gasteiger partial charge in [-0.05, 0) is 25.7 Å². The van der Waals surface area contributed by atoms with E-state index in [9.17, 15) is 30.6 Å². The van der Waals surface area contributed by atoms with Gasteiger partial charge in [-0.2, -0.15) is 0 Å². The van der Waals surface area contributed by atoms with Gasteiger partial charge in [-0.1, -0.05) is 13.2 Å². The van der Waals surface area contributed by atoms with Crippen LogP contribution >= 0.6 is 0 Å². The normalized spacial score (nSPS) is 15.0. The Morgan fingerprint density at radius 1 is 0.632 bits per heavy atom. The Labute approximate surface area is 227 Å². The van der Waals surface area contributed by atoms with Crippen molar-refractivity contribution in [3.05, 3.63) is 25.7 Å². The first-order valence-corrected chi connectivity index (χ1v) is 13.3. The molecule has 12 nitrogen and oxygen atoms in total. The van der Waals surface area contributed by atoms with E-state index in [0.717, 1.165) is 0 Å². The molecule has 0 radical (unpaired) electrons. The number of ether oxygens (including phenoxy) is 5. The highest BCUT2D eigenvalue weighted by atomic mass is 16.6. The summed E-state index contributed by atoms with van der Waals surface area (Å²) in [6, 6.07) is 0. The van der Waals surface area contributed by atoms with Crippen molar-refractivity contribution in [2.75, 3.05) is 92.2 Å². The van der Waals surface area contributed by atoms with Crippen LogP contribution in [0, 0.1) is 0 Å². The highest BCUT2D eigenvalue weighted by molar-refractivity contribution is 4.64. The molecule has 6 N–H and O–H groups in total. The zero-order chi connectivity index (χ0) is 28.5. The van der Waals surface area contributed by atoms with E-state index in [-0.39, 0.29) is 83.5 Å². The maximum Gasteiger partial charge on any atom is 0.126 e. The van der Waals surface area contributed by atoms with Crippen LogP contribution in [0.2, 0.25) is 0 Å². The second-order valence-corrected chi connectivity index (χ2v) is 9.22. The number of aliphatic hydroxyl groups excluding tert-OH is 6. The van der Waals surface area contributed by atoms with E-state index in [0.29, 0.717) is 38.9 Å². The SMILES string of the molecule is C=COCCCC(O)COCC(COCC(O)C[N+](CCO)(CCO)CCO)OCC(O)CCCOC=C. The van der Waals surface area contributed by atoms with Gasteiger partial charge in [-0.25, -0.2) is 0 Å². The molecule has 0 aliphatic heterocycles. The number of aliphatic hydroxyl groups is 6. The molecular formula is C26H52NO11+. The molecule has 0 rings (SSSR count). The van der Waals surface area contributed by atoms with Crippen LogP contribution in [0.3, 0.4) is 0 Å². The van der Waals surface area contributed by atoms with Crippen molar-refractivity contribution in [3.8, 4) is 0 Å². The van der Waals surface area contributed by atoms with E-state index in [1.807, 2.05) is 0 Å². The van der Waals surface area contributed by atoms with Crippen LogP contribution in [0.1, 0.15) is 25.7 Å². The molecule has 0 aromatic heterocycles. The van der Waals surface area contributed by atoms with Crippen molar-refractivity contribution in [3.63, 3.8) is 0 Å². The van der Waals surface area contributed by atoms with Gasteiger partial charge in [0.25, 0.3) is 0 Å². The van der Waals surface area contributed by atoms with Crippen molar-refractivity contribution in [2.24, 2.45) is 0 Å². The molecule has 0 aliphatic rings. The number of quaternary nitrogens is 1.